The third-order valence-corrected chi connectivity index (χ3v) is 6.38. The summed E-state index contributed by atoms with van der Waals surface area (Å²) in [4.78, 5) is 13.0. The predicted molar refractivity (Wildman–Crippen MR) is 117 cm³/mol. The van der Waals surface area contributed by atoms with E-state index in [1.807, 2.05) is 65.7 Å². The lowest BCUT2D eigenvalue weighted by Gasteiger charge is -2.24. The van der Waals surface area contributed by atoms with Crippen molar-refractivity contribution < 1.29 is 13.2 Å². The highest BCUT2D eigenvalue weighted by Crippen LogP contribution is 2.15. The van der Waals surface area contributed by atoms with Gasteiger partial charge in [0.1, 0.15) is 0 Å². The van der Waals surface area contributed by atoms with Crippen LogP contribution in [0.15, 0.2) is 89.8 Å². The van der Waals surface area contributed by atoms with Crippen LogP contribution in [0.4, 0.5) is 0 Å². The van der Waals surface area contributed by atoms with Crippen LogP contribution in [0.5, 0.6) is 0 Å². The van der Waals surface area contributed by atoms with Gasteiger partial charge in [-0.2, -0.15) is 0 Å². The Morgan fingerprint density at radius 1 is 0.800 bits per heavy atom. The Balaban J connectivity index is 1.82. The number of rotatable bonds is 8. The minimum atomic E-state index is -3.62. The van der Waals surface area contributed by atoms with E-state index in [-0.39, 0.29) is 16.4 Å². The van der Waals surface area contributed by atoms with Crippen molar-refractivity contribution in [1.82, 2.24) is 14.7 Å². The predicted octanol–water partition coefficient (Wildman–Crippen LogP) is 3.28. The lowest BCUT2D eigenvalue weighted by Crippen LogP contribution is -2.41. The van der Waals surface area contributed by atoms with Gasteiger partial charge in [-0.15, -0.1) is 0 Å². The molecule has 1 N–H and O–H groups in total. The monoisotopic (exact) mass is 423 g/mol. The zero-order valence-corrected chi connectivity index (χ0v) is 17.8. The molecule has 0 radical (unpaired) electrons. The van der Waals surface area contributed by atoms with E-state index < -0.39 is 10.0 Å². The number of carbonyl (C=O) groups excluding carboxylic acids is 1. The molecule has 0 aromatic heterocycles. The summed E-state index contributed by atoms with van der Waals surface area (Å²) in [5.41, 5.74) is 5.31. The van der Waals surface area contributed by atoms with Crippen molar-refractivity contribution in [2.75, 3.05) is 14.1 Å². The van der Waals surface area contributed by atoms with Crippen LogP contribution in [0.3, 0.4) is 0 Å². The first-order valence-corrected chi connectivity index (χ1v) is 11.0. The Morgan fingerprint density at radius 2 is 1.33 bits per heavy atom. The Bertz CT molecular complexity index is 1040. The number of amides is 1. The van der Waals surface area contributed by atoms with Crippen LogP contribution in [-0.4, -0.2) is 37.7 Å². The number of hydrogen-bond acceptors (Lipinski definition) is 4. The maximum Gasteiger partial charge on any atom is 0.265 e. The molecule has 0 aliphatic carbocycles. The van der Waals surface area contributed by atoms with Gasteiger partial charge in [0.15, 0.2) is 0 Å². The van der Waals surface area contributed by atoms with Crippen molar-refractivity contribution in [2.24, 2.45) is 0 Å². The SMILES string of the molecule is CN(C)S(=O)(=O)c1cccc(C(=O)NN(Cc2ccccc2)Cc2ccccc2)c1. The molecule has 0 saturated heterocycles. The number of hydrazine groups is 1. The first kappa shape index (κ1) is 21.7. The van der Waals surface area contributed by atoms with Gasteiger partial charge >= 0.3 is 0 Å². The molecule has 3 aromatic carbocycles. The summed E-state index contributed by atoms with van der Waals surface area (Å²) >= 11 is 0. The summed E-state index contributed by atoms with van der Waals surface area (Å²) in [6.45, 7) is 1.02. The Labute approximate surface area is 177 Å². The van der Waals surface area contributed by atoms with Gasteiger partial charge in [-0.1, -0.05) is 66.7 Å². The van der Waals surface area contributed by atoms with Gasteiger partial charge in [-0.3, -0.25) is 10.2 Å². The molecule has 0 heterocycles. The fourth-order valence-corrected chi connectivity index (χ4v) is 3.91. The molecule has 0 atom stereocenters. The van der Waals surface area contributed by atoms with Crippen molar-refractivity contribution >= 4 is 15.9 Å². The number of nitrogens with one attached hydrogen (secondary N) is 1. The summed E-state index contributed by atoms with van der Waals surface area (Å²) in [6, 6.07) is 25.7. The summed E-state index contributed by atoms with van der Waals surface area (Å²) < 4.78 is 25.9. The van der Waals surface area contributed by atoms with E-state index >= 15 is 0 Å². The number of benzene rings is 3. The van der Waals surface area contributed by atoms with E-state index in [2.05, 4.69) is 5.43 Å². The fraction of sp³-hybridized carbons (Fsp3) is 0.174. The van der Waals surface area contributed by atoms with Crippen LogP contribution in [-0.2, 0) is 23.1 Å². The second-order valence-corrected chi connectivity index (χ2v) is 9.24. The van der Waals surface area contributed by atoms with E-state index in [9.17, 15) is 13.2 Å². The smallest absolute Gasteiger partial charge is 0.265 e. The minimum Gasteiger partial charge on any atom is -0.284 e. The Kier molecular flexibility index (Phi) is 6.99. The number of hydrogen-bond donors (Lipinski definition) is 1. The average Bonchev–Trinajstić information content (AvgIpc) is 2.75. The summed E-state index contributed by atoms with van der Waals surface area (Å²) in [5, 5.41) is 1.82. The number of sulfonamides is 1. The van der Waals surface area contributed by atoms with Gasteiger partial charge in [-0.05, 0) is 29.3 Å². The van der Waals surface area contributed by atoms with Gasteiger partial charge in [0.05, 0.1) is 4.90 Å². The number of carbonyl (C=O) groups is 1. The molecule has 0 aliphatic rings. The highest BCUT2D eigenvalue weighted by molar-refractivity contribution is 7.89. The van der Waals surface area contributed by atoms with Gasteiger partial charge in [0.25, 0.3) is 5.91 Å². The second kappa shape index (κ2) is 9.67. The van der Waals surface area contributed by atoms with E-state index in [1.165, 1.54) is 26.2 Å². The molecule has 156 valence electrons. The van der Waals surface area contributed by atoms with Crippen LogP contribution in [0.1, 0.15) is 21.5 Å². The highest BCUT2D eigenvalue weighted by Gasteiger charge is 2.19. The van der Waals surface area contributed by atoms with E-state index in [0.29, 0.717) is 13.1 Å². The molecule has 0 spiro atoms. The molecule has 30 heavy (non-hydrogen) atoms. The van der Waals surface area contributed by atoms with Crippen molar-refractivity contribution in [3.63, 3.8) is 0 Å². The Morgan fingerprint density at radius 3 is 1.83 bits per heavy atom. The van der Waals surface area contributed by atoms with Crippen molar-refractivity contribution in [3.05, 3.63) is 102 Å². The standard InChI is InChI=1S/C23H25N3O3S/c1-25(2)30(28,29)22-15-9-14-21(16-22)23(27)24-26(17-19-10-5-3-6-11-19)18-20-12-7-4-8-13-20/h3-16H,17-18H2,1-2H3,(H,24,27). The molecule has 1 amide bonds. The molecule has 3 aromatic rings. The topological polar surface area (TPSA) is 69.7 Å². The van der Waals surface area contributed by atoms with Crippen molar-refractivity contribution in [3.8, 4) is 0 Å². The molecule has 6 nitrogen and oxygen atoms in total. The zero-order valence-electron chi connectivity index (χ0n) is 17.0. The van der Waals surface area contributed by atoms with Crippen LogP contribution in [0, 0.1) is 0 Å². The van der Waals surface area contributed by atoms with Gasteiger partial charge < -0.3 is 0 Å². The molecule has 0 saturated carbocycles. The number of nitrogens with zero attached hydrogens (tertiary/aromatic N) is 2. The van der Waals surface area contributed by atoms with E-state index in [4.69, 9.17) is 0 Å². The van der Waals surface area contributed by atoms with Crippen molar-refractivity contribution in [1.29, 1.82) is 0 Å². The minimum absolute atomic E-state index is 0.0813. The molecule has 7 heteroatoms. The maximum absolute atomic E-state index is 12.9. The maximum atomic E-state index is 12.9. The first-order chi connectivity index (χ1) is 14.4. The third-order valence-electron chi connectivity index (χ3n) is 4.57. The lowest BCUT2D eigenvalue weighted by atomic mass is 10.2. The zero-order chi connectivity index (χ0) is 21.6. The van der Waals surface area contributed by atoms with Gasteiger partial charge in [-0.25, -0.2) is 17.7 Å². The lowest BCUT2D eigenvalue weighted by molar-refractivity contribution is 0.0759. The average molecular weight is 424 g/mol. The van der Waals surface area contributed by atoms with Crippen LogP contribution >= 0.6 is 0 Å². The van der Waals surface area contributed by atoms with Crippen LogP contribution in [0.25, 0.3) is 0 Å². The normalized spacial score (nSPS) is 11.6. The summed E-state index contributed by atoms with van der Waals surface area (Å²) in [6.07, 6.45) is 0. The summed E-state index contributed by atoms with van der Waals surface area (Å²) in [7, 11) is -0.695. The molecule has 0 aliphatic heterocycles. The molecule has 0 fully saturated rings. The van der Waals surface area contributed by atoms with E-state index in [1.54, 1.807) is 12.1 Å². The van der Waals surface area contributed by atoms with Crippen LogP contribution < -0.4 is 5.43 Å². The Hall–Kier alpha value is -3.00. The first-order valence-electron chi connectivity index (χ1n) is 9.52. The van der Waals surface area contributed by atoms with Crippen molar-refractivity contribution in [2.45, 2.75) is 18.0 Å². The second-order valence-electron chi connectivity index (χ2n) is 7.08. The molecule has 3 rings (SSSR count). The van der Waals surface area contributed by atoms with E-state index in [0.717, 1.165) is 15.4 Å². The summed E-state index contributed by atoms with van der Waals surface area (Å²) in [5.74, 6) is -0.363. The fourth-order valence-electron chi connectivity index (χ4n) is 2.96. The quantitative estimate of drug-likeness (QED) is 0.565. The van der Waals surface area contributed by atoms with Crippen LogP contribution in [0.2, 0.25) is 0 Å². The largest absolute Gasteiger partial charge is 0.284 e. The van der Waals surface area contributed by atoms with Gasteiger partial charge in [0, 0.05) is 32.7 Å². The molecular weight excluding hydrogens is 398 g/mol. The molecule has 0 unspecified atom stereocenters. The molecular formula is C23H25N3O3S. The molecule has 0 bridgehead atoms. The highest BCUT2D eigenvalue weighted by atomic mass is 32.2. The van der Waals surface area contributed by atoms with Gasteiger partial charge in [0.2, 0.25) is 10.0 Å². The third kappa shape index (κ3) is 5.54.